The summed E-state index contributed by atoms with van der Waals surface area (Å²) in [7, 11) is 0. The number of phenolic OH excluding ortho intramolecular Hbond substituents is 1. The van der Waals surface area contributed by atoms with E-state index in [1.165, 1.54) is 0 Å². The van der Waals surface area contributed by atoms with Gasteiger partial charge in [0.1, 0.15) is 11.4 Å². The molecule has 2 aromatic rings. The Labute approximate surface area is 99.4 Å². The van der Waals surface area contributed by atoms with Crippen LogP contribution in [0, 0.1) is 6.92 Å². The highest BCUT2D eigenvalue weighted by molar-refractivity contribution is 5.80. The Morgan fingerprint density at radius 2 is 1.59 bits per heavy atom. The van der Waals surface area contributed by atoms with Crippen molar-refractivity contribution in [3.8, 4) is 5.75 Å². The van der Waals surface area contributed by atoms with Crippen LogP contribution in [0.2, 0.25) is 0 Å². The zero-order chi connectivity index (χ0) is 11.8. The van der Waals surface area contributed by atoms with Crippen molar-refractivity contribution in [2.75, 3.05) is 16.0 Å². The number of rotatable bonds is 1. The lowest BCUT2D eigenvalue weighted by molar-refractivity contribution is 0.471. The molecule has 3 rings (SSSR count). The standard InChI is InChI=1S/C13H13N3O/c1-9-5-4-8-12(13(9)17)16-14-10-6-2-3-7-11(10)15-16/h2-8,14-15,17H,1H3. The first-order valence-electron chi connectivity index (χ1n) is 5.47. The molecule has 4 nitrogen and oxygen atoms in total. The molecule has 17 heavy (non-hydrogen) atoms. The lowest BCUT2D eigenvalue weighted by Crippen LogP contribution is -2.29. The van der Waals surface area contributed by atoms with Crippen LogP contribution in [0.5, 0.6) is 5.75 Å². The Hall–Kier alpha value is -2.36. The highest BCUT2D eigenvalue weighted by Gasteiger charge is 2.20. The van der Waals surface area contributed by atoms with Crippen LogP contribution in [0.4, 0.5) is 17.1 Å². The molecule has 1 heterocycles. The van der Waals surface area contributed by atoms with E-state index in [0.717, 1.165) is 16.9 Å². The number of anilines is 3. The minimum atomic E-state index is 0.278. The number of aryl methyl sites for hydroxylation is 1. The summed E-state index contributed by atoms with van der Waals surface area (Å²) in [5.74, 6) is 0.278. The fourth-order valence-corrected chi connectivity index (χ4v) is 1.89. The Bertz CT molecular complexity index is 543. The van der Waals surface area contributed by atoms with E-state index in [2.05, 4.69) is 10.9 Å². The molecule has 0 amide bonds. The number of nitrogens with zero attached hydrogens (tertiary/aromatic N) is 1. The third kappa shape index (κ3) is 1.54. The fourth-order valence-electron chi connectivity index (χ4n) is 1.89. The monoisotopic (exact) mass is 227 g/mol. The molecule has 0 bridgehead atoms. The van der Waals surface area contributed by atoms with Crippen molar-refractivity contribution >= 4 is 17.1 Å². The Morgan fingerprint density at radius 1 is 0.941 bits per heavy atom. The molecule has 0 fully saturated rings. The van der Waals surface area contributed by atoms with E-state index in [1.807, 2.05) is 49.4 Å². The summed E-state index contributed by atoms with van der Waals surface area (Å²) in [4.78, 5) is 0. The predicted molar refractivity (Wildman–Crippen MR) is 69.0 cm³/mol. The van der Waals surface area contributed by atoms with Gasteiger partial charge in [0.25, 0.3) is 0 Å². The van der Waals surface area contributed by atoms with E-state index >= 15 is 0 Å². The summed E-state index contributed by atoms with van der Waals surface area (Å²) >= 11 is 0. The van der Waals surface area contributed by atoms with Gasteiger partial charge >= 0.3 is 0 Å². The van der Waals surface area contributed by atoms with Gasteiger partial charge in [0.15, 0.2) is 0 Å². The second-order valence-electron chi connectivity index (χ2n) is 4.05. The molecule has 0 aliphatic carbocycles. The zero-order valence-corrected chi connectivity index (χ0v) is 9.44. The van der Waals surface area contributed by atoms with Crippen LogP contribution in [0.25, 0.3) is 0 Å². The van der Waals surface area contributed by atoms with E-state index < -0.39 is 0 Å². The highest BCUT2D eigenvalue weighted by atomic mass is 16.3. The molecule has 1 aliphatic rings. The largest absolute Gasteiger partial charge is 0.505 e. The number of hydrazine groups is 2. The Kier molecular flexibility index (Phi) is 2.08. The Balaban J connectivity index is 1.97. The maximum atomic E-state index is 10.0. The first-order chi connectivity index (χ1) is 8.25. The van der Waals surface area contributed by atoms with E-state index in [1.54, 1.807) is 5.12 Å². The summed E-state index contributed by atoms with van der Waals surface area (Å²) in [5.41, 5.74) is 9.91. The molecular weight excluding hydrogens is 214 g/mol. The van der Waals surface area contributed by atoms with E-state index in [9.17, 15) is 5.11 Å². The molecule has 4 heteroatoms. The zero-order valence-electron chi connectivity index (χ0n) is 9.44. The topological polar surface area (TPSA) is 47.5 Å². The molecule has 3 N–H and O–H groups in total. The van der Waals surface area contributed by atoms with E-state index in [4.69, 9.17) is 0 Å². The van der Waals surface area contributed by atoms with Gasteiger partial charge in [-0.2, -0.15) is 5.12 Å². The SMILES string of the molecule is Cc1cccc(N2Nc3ccccc3N2)c1O. The van der Waals surface area contributed by atoms with Crippen LogP contribution in [0.1, 0.15) is 5.56 Å². The van der Waals surface area contributed by atoms with Gasteiger partial charge in [0.2, 0.25) is 0 Å². The Morgan fingerprint density at radius 3 is 2.24 bits per heavy atom. The summed E-state index contributed by atoms with van der Waals surface area (Å²) in [6.07, 6.45) is 0. The number of fused-ring (bicyclic) bond motifs is 1. The average Bonchev–Trinajstić information content (AvgIpc) is 2.76. The first-order valence-corrected chi connectivity index (χ1v) is 5.47. The van der Waals surface area contributed by atoms with Crippen molar-refractivity contribution in [3.05, 3.63) is 48.0 Å². The van der Waals surface area contributed by atoms with Crippen LogP contribution >= 0.6 is 0 Å². The van der Waals surface area contributed by atoms with Crippen LogP contribution in [0.15, 0.2) is 42.5 Å². The minimum absolute atomic E-state index is 0.278. The first kappa shape index (κ1) is 9.84. The van der Waals surface area contributed by atoms with Gasteiger partial charge < -0.3 is 5.11 Å². The third-order valence-electron chi connectivity index (χ3n) is 2.85. The molecule has 0 aromatic heterocycles. The highest BCUT2D eigenvalue weighted by Crippen LogP contribution is 2.35. The average molecular weight is 227 g/mol. The molecule has 86 valence electrons. The number of para-hydroxylation sites is 3. The van der Waals surface area contributed by atoms with Gasteiger partial charge in [-0.05, 0) is 30.7 Å². The number of hydrogen-bond donors (Lipinski definition) is 3. The van der Waals surface area contributed by atoms with Gasteiger partial charge in [-0.25, -0.2) is 0 Å². The van der Waals surface area contributed by atoms with Crippen molar-refractivity contribution in [1.29, 1.82) is 0 Å². The van der Waals surface area contributed by atoms with Gasteiger partial charge in [-0.1, -0.05) is 24.3 Å². The molecule has 0 atom stereocenters. The molecular formula is C13H13N3O. The quantitative estimate of drug-likeness (QED) is 0.701. The number of hydrogen-bond acceptors (Lipinski definition) is 4. The lowest BCUT2D eigenvalue weighted by Gasteiger charge is -2.20. The second kappa shape index (κ2) is 3.59. The van der Waals surface area contributed by atoms with Crippen LogP contribution < -0.4 is 16.0 Å². The minimum Gasteiger partial charge on any atom is -0.505 e. The smallest absolute Gasteiger partial charge is 0.145 e. The lowest BCUT2D eigenvalue weighted by atomic mass is 10.2. The van der Waals surface area contributed by atoms with Crippen molar-refractivity contribution in [3.63, 3.8) is 0 Å². The number of benzene rings is 2. The molecule has 0 radical (unpaired) electrons. The van der Waals surface area contributed by atoms with Crippen LogP contribution in [0.3, 0.4) is 0 Å². The van der Waals surface area contributed by atoms with Crippen LogP contribution in [-0.2, 0) is 0 Å². The molecule has 0 spiro atoms. The van der Waals surface area contributed by atoms with E-state index in [0.29, 0.717) is 5.69 Å². The predicted octanol–water partition coefficient (Wildman–Crippen LogP) is 2.87. The van der Waals surface area contributed by atoms with Gasteiger partial charge in [0.05, 0.1) is 11.4 Å². The van der Waals surface area contributed by atoms with Crippen molar-refractivity contribution in [2.24, 2.45) is 0 Å². The molecule has 2 aromatic carbocycles. The third-order valence-corrected chi connectivity index (χ3v) is 2.85. The van der Waals surface area contributed by atoms with Crippen molar-refractivity contribution in [2.45, 2.75) is 6.92 Å². The van der Waals surface area contributed by atoms with Crippen LogP contribution in [-0.4, -0.2) is 5.11 Å². The summed E-state index contributed by atoms with van der Waals surface area (Å²) < 4.78 is 0. The van der Waals surface area contributed by atoms with Gasteiger partial charge in [-0.15, -0.1) is 0 Å². The molecule has 0 unspecified atom stereocenters. The fraction of sp³-hybridized carbons (Fsp3) is 0.0769. The van der Waals surface area contributed by atoms with Crippen molar-refractivity contribution in [1.82, 2.24) is 0 Å². The summed E-state index contributed by atoms with van der Waals surface area (Å²) in [6.45, 7) is 1.88. The number of nitrogens with one attached hydrogen (secondary N) is 2. The van der Waals surface area contributed by atoms with Gasteiger partial charge in [-0.3, -0.25) is 10.9 Å². The molecule has 1 aliphatic heterocycles. The van der Waals surface area contributed by atoms with Gasteiger partial charge in [0, 0.05) is 0 Å². The number of phenols is 1. The number of aromatic hydroxyl groups is 1. The summed E-state index contributed by atoms with van der Waals surface area (Å²) in [6, 6.07) is 13.5. The maximum absolute atomic E-state index is 10.0. The maximum Gasteiger partial charge on any atom is 0.145 e. The molecule has 0 saturated heterocycles. The second-order valence-corrected chi connectivity index (χ2v) is 4.05. The van der Waals surface area contributed by atoms with Crippen molar-refractivity contribution < 1.29 is 5.11 Å². The van der Waals surface area contributed by atoms with E-state index in [-0.39, 0.29) is 5.75 Å². The summed E-state index contributed by atoms with van der Waals surface area (Å²) in [5, 5.41) is 11.7. The molecule has 0 saturated carbocycles. The normalized spacial score (nSPS) is 12.9.